The lowest BCUT2D eigenvalue weighted by Gasteiger charge is -2.38. The van der Waals surface area contributed by atoms with Crippen LogP contribution in [0.15, 0.2) is 47.4 Å². The van der Waals surface area contributed by atoms with Gasteiger partial charge in [-0.15, -0.1) is 0 Å². The molecule has 1 aliphatic heterocycles. The third kappa shape index (κ3) is 3.03. The number of carbonyl (C=O) groups is 2. The molecular weight excluding hydrogens is 330 g/mol. The number of rotatable bonds is 2. The molecule has 0 bridgehead atoms. The van der Waals surface area contributed by atoms with Crippen LogP contribution >= 0.6 is 0 Å². The Balaban J connectivity index is 1.59. The molecule has 134 valence electrons. The number of aromatic amines is 1. The van der Waals surface area contributed by atoms with E-state index in [0.717, 1.165) is 31.2 Å². The number of amides is 3. The predicted octanol–water partition coefficient (Wildman–Crippen LogP) is 2.69. The molecule has 26 heavy (non-hydrogen) atoms. The van der Waals surface area contributed by atoms with Gasteiger partial charge in [0, 0.05) is 29.2 Å². The smallest absolute Gasteiger partial charge is 0.324 e. The van der Waals surface area contributed by atoms with Gasteiger partial charge in [-0.3, -0.25) is 14.5 Å². The number of hydrogen-bond donors (Lipinski definition) is 2. The van der Waals surface area contributed by atoms with Gasteiger partial charge >= 0.3 is 6.03 Å². The minimum Gasteiger partial charge on any atom is -0.361 e. The monoisotopic (exact) mass is 351 g/mol. The van der Waals surface area contributed by atoms with Crippen LogP contribution in [-0.2, 0) is 11.3 Å². The molecule has 0 spiro atoms. The molecule has 0 radical (unpaired) electrons. The lowest BCUT2D eigenvalue weighted by molar-refractivity contribution is -0.136. The first-order valence-corrected chi connectivity index (χ1v) is 9.01. The van der Waals surface area contributed by atoms with Gasteiger partial charge in [-0.25, -0.2) is 4.79 Å². The maximum absolute atomic E-state index is 12.9. The minimum absolute atomic E-state index is 0.0532. The molecular formula is C20H21N3O3. The molecule has 2 N–H and O–H groups in total. The molecule has 0 unspecified atom stereocenters. The lowest BCUT2D eigenvalue weighted by Crippen LogP contribution is -2.59. The van der Waals surface area contributed by atoms with Gasteiger partial charge < -0.3 is 10.3 Å². The zero-order chi connectivity index (χ0) is 18.1. The quantitative estimate of drug-likeness (QED) is 0.816. The van der Waals surface area contributed by atoms with Crippen molar-refractivity contribution in [2.24, 2.45) is 5.92 Å². The van der Waals surface area contributed by atoms with Crippen LogP contribution in [-0.4, -0.2) is 27.9 Å². The summed E-state index contributed by atoms with van der Waals surface area (Å²) in [7, 11) is 0. The fourth-order valence-corrected chi connectivity index (χ4v) is 3.85. The summed E-state index contributed by atoms with van der Waals surface area (Å²) in [6, 6.07) is 6.42. The summed E-state index contributed by atoms with van der Waals surface area (Å²) in [5, 5.41) is 3.60. The number of pyridine rings is 1. The van der Waals surface area contributed by atoms with Crippen LogP contribution < -0.4 is 10.7 Å². The van der Waals surface area contributed by atoms with Gasteiger partial charge in [0.1, 0.15) is 0 Å². The van der Waals surface area contributed by atoms with E-state index >= 15 is 0 Å². The van der Waals surface area contributed by atoms with E-state index in [9.17, 15) is 14.4 Å². The van der Waals surface area contributed by atoms with Crippen molar-refractivity contribution >= 4 is 22.8 Å². The van der Waals surface area contributed by atoms with Gasteiger partial charge in [-0.1, -0.05) is 18.2 Å². The van der Waals surface area contributed by atoms with Crippen molar-refractivity contribution < 1.29 is 9.59 Å². The molecule has 6 nitrogen and oxygen atoms in total. The molecule has 4 rings (SSSR count). The van der Waals surface area contributed by atoms with Crippen molar-refractivity contribution in [3.05, 3.63) is 58.4 Å². The van der Waals surface area contributed by atoms with E-state index in [0.29, 0.717) is 10.9 Å². The van der Waals surface area contributed by atoms with E-state index in [-0.39, 0.29) is 35.9 Å². The molecule has 2 aliphatic rings. The number of fused-ring (bicyclic) bond motifs is 2. The average molecular weight is 351 g/mol. The topological polar surface area (TPSA) is 82.3 Å². The molecule has 2 aromatic rings. The van der Waals surface area contributed by atoms with Crippen LogP contribution in [0.2, 0.25) is 0 Å². The Labute approximate surface area is 150 Å². The van der Waals surface area contributed by atoms with E-state index in [1.807, 2.05) is 6.07 Å². The number of nitrogens with one attached hydrogen (secondary N) is 2. The summed E-state index contributed by atoms with van der Waals surface area (Å²) in [5.74, 6) is -0.270. The largest absolute Gasteiger partial charge is 0.361 e. The van der Waals surface area contributed by atoms with Crippen LogP contribution in [0.3, 0.4) is 0 Å². The number of benzene rings is 1. The number of allylic oxidation sites excluding steroid dienone is 2. The van der Waals surface area contributed by atoms with Gasteiger partial charge in [0.05, 0.1) is 12.5 Å². The molecule has 1 aromatic carbocycles. The number of imide groups is 1. The Morgan fingerprint density at radius 2 is 1.85 bits per heavy atom. The molecule has 0 saturated carbocycles. The second-order valence-corrected chi connectivity index (χ2v) is 6.93. The molecule has 6 heteroatoms. The van der Waals surface area contributed by atoms with Crippen molar-refractivity contribution in [3.63, 3.8) is 0 Å². The van der Waals surface area contributed by atoms with Crippen LogP contribution in [0.1, 0.15) is 31.2 Å². The van der Waals surface area contributed by atoms with Crippen molar-refractivity contribution in [1.82, 2.24) is 15.2 Å². The number of H-pyrrole nitrogens is 1. The molecule has 2 heterocycles. The third-order valence-electron chi connectivity index (χ3n) is 5.24. The zero-order valence-electron chi connectivity index (χ0n) is 14.4. The fraction of sp³-hybridized carbons (Fsp3) is 0.350. The number of carbonyl (C=O) groups excluding carboxylic acids is 2. The first-order chi connectivity index (χ1) is 12.6. The first-order valence-electron chi connectivity index (χ1n) is 9.01. The van der Waals surface area contributed by atoms with E-state index in [1.54, 1.807) is 18.3 Å². The van der Waals surface area contributed by atoms with Gasteiger partial charge in [0.25, 0.3) is 0 Å². The number of nitrogens with zero attached hydrogens (tertiary/aromatic N) is 1. The molecule has 1 aromatic heterocycles. The Morgan fingerprint density at radius 3 is 2.69 bits per heavy atom. The molecule has 1 fully saturated rings. The summed E-state index contributed by atoms with van der Waals surface area (Å²) >= 11 is 0. The standard InChI is InChI=1S/C20H21N3O3/c24-18-9-10-21-17-11-13(7-8-14(17)18)12-23-19(25)15-5-3-1-2-4-6-16(15)22-20(23)26/h1-2,7-11,15-16H,3-6,12H2,(H,21,24)(H,22,26)/b2-1-/t15-,16+/m0/s1. The summed E-state index contributed by atoms with van der Waals surface area (Å²) < 4.78 is 0. The van der Waals surface area contributed by atoms with Gasteiger partial charge in [0.15, 0.2) is 5.43 Å². The molecule has 3 amide bonds. The highest BCUT2D eigenvalue weighted by atomic mass is 16.2. The normalized spacial score (nSPS) is 24.5. The van der Waals surface area contributed by atoms with Crippen LogP contribution in [0.25, 0.3) is 10.9 Å². The highest BCUT2D eigenvalue weighted by molar-refractivity contribution is 5.98. The Morgan fingerprint density at radius 1 is 1.04 bits per heavy atom. The summed E-state index contributed by atoms with van der Waals surface area (Å²) in [5.41, 5.74) is 1.46. The van der Waals surface area contributed by atoms with E-state index in [2.05, 4.69) is 22.5 Å². The average Bonchev–Trinajstić information content (AvgIpc) is 2.60. The first kappa shape index (κ1) is 16.6. The Kier molecular flexibility index (Phi) is 4.32. The summed E-state index contributed by atoms with van der Waals surface area (Å²) in [6.45, 7) is 0.205. The fourth-order valence-electron chi connectivity index (χ4n) is 3.85. The highest BCUT2D eigenvalue weighted by Crippen LogP contribution is 2.26. The third-order valence-corrected chi connectivity index (χ3v) is 5.24. The van der Waals surface area contributed by atoms with E-state index < -0.39 is 0 Å². The van der Waals surface area contributed by atoms with Crippen molar-refractivity contribution in [1.29, 1.82) is 0 Å². The Bertz CT molecular complexity index is 947. The lowest BCUT2D eigenvalue weighted by atomic mass is 9.86. The minimum atomic E-state index is -0.331. The maximum Gasteiger partial charge on any atom is 0.324 e. The maximum atomic E-state index is 12.9. The van der Waals surface area contributed by atoms with Crippen LogP contribution in [0, 0.1) is 5.92 Å². The van der Waals surface area contributed by atoms with Crippen LogP contribution in [0.4, 0.5) is 4.79 Å². The molecule has 2 atom stereocenters. The van der Waals surface area contributed by atoms with Gasteiger partial charge in [-0.05, 0) is 43.4 Å². The van der Waals surface area contributed by atoms with Crippen molar-refractivity contribution in [2.75, 3.05) is 0 Å². The number of urea groups is 1. The number of aromatic nitrogens is 1. The zero-order valence-corrected chi connectivity index (χ0v) is 14.4. The van der Waals surface area contributed by atoms with Crippen molar-refractivity contribution in [2.45, 2.75) is 38.3 Å². The van der Waals surface area contributed by atoms with E-state index in [4.69, 9.17) is 0 Å². The highest BCUT2D eigenvalue weighted by Gasteiger charge is 2.40. The summed E-state index contributed by atoms with van der Waals surface area (Å²) in [6.07, 6.45) is 9.12. The van der Waals surface area contributed by atoms with Gasteiger partial charge in [0.2, 0.25) is 5.91 Å². The summed E-state index contributed by atoms with van der Waals surface area (Å²) in [4.78, 5) is 41.6. The predicted molar refractivity (Wildman–Crippen MR) is 98.5 cm³/mol. The SMILES string of the molecule is O=C1N[C@@H]2CC/C=C\CC[C@@H]2C(=O)N1Cc1ccc2c(=O)cc[nH]c2c1. The second kappa shape index (κ2) is 6.78. The Hall–Kier alpha value is -2.89. The van der Waals surface area contributed by atoms with Crippen molar-refractivity contribution in [3.8, 4) is 0 Å². The second-order valence-electron chi connectivity index (χ2n) is 6.93. The van der Waals surface area contributed by atoms with E-state index in [1.165, 1.54) is 11.0 Å². The van der Waals surface area contributed by atoms with Crippen LogP contribution in [0.5, 0.6) is 0 Å². The van der Waals surface area contributed by atoms with Gasteiger partial charge in [-0.2, -0.15) is 0 Å². The molecule has 1 aliphatic carbocycles. The molecule has 1 saturated heterocycles. The number of hydrogen-bond acceptors (Lipinski definition) is 3.